The summed E-state index contributed by atoms with van der Waals surface area (Å²) in [4.78, 5) is 14.6. The molecule has 25 heavy (non-hydrogen) atoms. The van der Waals surface area contributed by atoms with E-state index >= 15 is 0 Å². The molecule has 1 atom stereocenters. The summed E-state index contributed by atoms with van der Waals surface area (Å²) < 4.78 is 2.26. The van der Waals surface area contributed by atoms with Crippen LogP contribution in [0.3, 0.4) is 0 Å². The number of benzene rings is 1. The number of fused-ring (bicyclic) bond motifs is 3. The van der Waals surface area contributed by atoms with E-state index in [1.807, 2.05) is 36.2 Å². The molecule has 4 heteroatoms. The molecule has 0 fully saturated rings. The Morgan fingerprint density at radius 2 is 2.04 bits per heavy atom. The third-order valence-corrected chi connectivity index (χ3v) is 5.51. The first-order valence-corrected chi connectivity index (χ1v) is 9.07. The van der Waals surface area contributed by atoms with Crippen molar-refractivity contribution in [3.8, 4) is 0 Å². The number of likely N-dealkylation sites (N-methyl/N-ethyl adjacent to an activating group) is 1. The largest absolute Gasteiger partial charge is 0.342 e. The molecule has 3 nitrogen and oxygen atoms in total. The molecule has 0 unspecified atom stereocenters. The quantitative estimate of drug-likeness (QED) is 0.695. The van der Waals surface area contributed by atoms with E-state index in [9.17, 15) is 4.79 Å². The lowest BCUT2D eigenvalue weighted by Gasteiger charge is -2.31. The molecule has 2 heterocycles. The van der Waals surface area contributed by atoms with Gasteiger partial charge in [0.15, 0.2) is 0 Å². The second-order valence-corrected chi connectivity index (χ2v) is 7.25. The van der Waals surface area contributed by atoms with Crippen molar-refractivity contribution in [2.24, 2.45) is 0 Å². The number of hydrogen-bond donors (Lipinski definition) is 0. The van der Waals surface area contributed by atoms with E-state index in [0.29, 0.717) is 11.4 Å². The number of carbonyl (C=O) groups is 1. The van der Waals surface area contributed by atoms with E-state index in [4.69, 9.17) is 11.6 Å². The van der Waals surface area contributed by atoms with Gasteiger partial charge in [-0.3, -0.25) is 4.79 Å². The van der Waals surface area contributed by atoms with Crippen LogP contribution in [0.4, 0.5) is 0 Å². The van der Waals surface area contributed by atoms with Crippen molar-refractivity contribution >= 4 is 23.0 Å². The molecule has 1 aliphatic carbocycles. The van der Waals surface area contributed by atoms with Crippen LogP contribution in [0.5, 0.6) is 0 Å². The maximum Gasteiger partial charge on any atom is 0.226 e. The molecular formula is C21H21ClN2O. The monoisotopic (exact) mass is 352 g/mol. The van der Waals surface area contributed by atoms with E-state index in [1.165, 1.54) is 16.8 Å². The Labute approximate surface area is 152 Å². The van der Waals surface area contributed by atoms with E-state index in [1.54, 1.807) is 0 Å². The SMILES string of the molecule is CN(C(=O)Cc1ccc(Cl)cc1)[C@@H]1CCc2cc3ccccn3c2C1. The molecular weight excluding hydrogens is 332 g/mol. The summed E-state index contributed by atoms with van der Waals surface area (Å²) in [6, 6.07) is 16.3. The lowest BCUT2D eigenvalue weighted by atomic mass is 9.92. The van der Waals surface area contributed by atoms with Crippen molar-refractivity contribution < 1.29 is 4.79 Å². The highest BCUT2D eigenvalue weighted by molar-refractivity contribution is 6.30. The zero-order valence-corrected chi connectivity index (χ0v) is 15.0. The van der Waals surface area contributed by atoms with Crippen LogP contribution in [0.1, 0.15) is 23.2 Å². The molecule has 0 bridgehead atoms. The van der Waals surface area contributed by atoms with Gasteiger partial charge in [-0.1, -0.05) is 29.8 Å². The molecule has 1 aromatic carbocycles. The maximum absolute atomic E-state index is 12.7. The number of aryl methyl sites for hydroxylation is 1. The van der Waals surface area contributed by atoms with Crippen molar-refractivity contribution in [1.82, 2.24) is 9.30 Å². The number of carbonyl (C=O) groups excluding carboxylic acids is 1. The third kappa shape index (κ3) is 3.16. The fourth-order valence-electron chi connectivity index (χ4n) is 3.77. The van der Waals surface area contributed by atoms with Crippen molar-refractivity contribution in [3.05, 3.63) is 76.6 Å². The first-order chi connectivity index (χ1) is 12.1. The minimum absolute atomic E-state index is 0.164. The first kappa shape index (κ1) is 16.2. The topological polar surface area (TPSA) is 24.7 Å². The number of aromatic nitrogens is 1. The van der Waals surface area contributed by atoms with Crippen LogP contribution in [0.25, 0.3) is 5.52 Å². The van der Waals surface area contributed by atoms with Gasteiger partial charge in [0.1, 0.15) is 0 Å². The number of amides is 1. The van der Waals surface area contributed by atoms with E-state index < -0.39 is 0 Å². The van der Waals surface area contributed by atoms with Crippen LogP contribution in [-0.2, 0) is 24.1 Å². The Morgan fingerprint density at radius 3 is 2.84 bits per heavy atom. The molecule has 0 spiro atoms. The summed E-state index contributed by atoms with van der Waals surface area (Å²) >= 11 is 5.92. The molecule has 4 rings (SSSR count). The Hall–Kier alpha value is -2.26. The average Bonchev–Trinajstić information content (AvgIpc) is 3.01. The number of rotatable bonds is 3. The molecule has 1 aliphatic rings. The average molecular weight is 353 g/mol. The summed E-state index contributed by atoms with van der Waals surface area (Å²) in [5.74, 6) is 0.164. The van der Waals surface area contributed by atoms with E-state index in [-0.39, 0.29) is 11.9 Å². The fraction of sp³-hybridized carbons (Fsp3) is 0.286. The predicted molar refractivity (Wildman–Crippen MR) is 101 cm³/mol. The molecule has 1 amide bonds. The summed E-state index contributed by atoms with van der Waals surface area (Å²) in [7, 11) is 1.93. The summed E-state index contributed by atoms with van der Waals surface area (Å²) in [6.45, 7) is 0. The van der Waals surface area contributed by atoms with Gasteiger partial charge in [-0.05, 0) is 54.3 Å². The Bertz CT molecular complexity index is 913. The van der Waals surface area contributed by atoms with Gasteiger partial charge in [0, 0.05) is 41.9 Å². The molecule has 0 saturated heterocycles. The van der Waals surface area contributed by atoms with Crippen LogP contribution < -0.4 is 0 Å². The molecule has 0 radical (unpaired) electrons. The van der Waals surface area contributed by atoms with Crippen LogP contribution in [0.15, 0.2) is 54.7 Å². The molecule has 0 aliphatic heterocycles. The van der Waals surface area contributed by atoms with Crippen molar-refractivity contribution in [2.75, 3.05) is 7.05 Å². The highest BCUT2D eigenvalue weighted by atomic mass is 35.5. The van der Waals surface area contributed by atoms with Gasteiger partial charge in [0.05, 0.1) is 6.42 Å². The Balaban J connectivity index is 1.50. The van der Waals surface area contributed by atoms with E-state index in [0.717, 1.165) is 24.8 Å². The van der Waals surface area contributed by atoms with Gasteiger partial charge in [0.25, 0.3) is 0 Å². The number of nitrogens with zero attached hydrogens (tertiary/aromatic N) is 2. The highest BCUT2D eigenvalue weighted by Gasteiger charge is 2.27. The zero-order valence-electron chi connectivity index (χ0n) is 14.3. The van der Waals surface area contributed by atoms with Crippen LogP contribution in [0.2, 0.25) is 5.02 Å². The molecule has 0 N–H and O–H groups in total. The van der Waals surface area contributed by atoms with E-state index in [2.05, 4.69) is 34.9 Å². The number of halogens is 1. The normalized spacial score (nSPS) is 16.6. The zero-order chi connectivity index (χ0) is 17.4. The van der Waals surface area contributed by atoms with Gasteiger partial charge in [-0.15, -0.1) is 0 Å². The third-order valence-electron chi connectivity index (χ3n) is 5.26. The highest BCUT2D eigenvalue weighted by Crippen LogP contribution is 2.27. The maximum atomic E-state index is 12.7. The second kappa shape index (κ2) is 6.57. The Kier molecular flexibility index (Phi) is 4.26. The van der Waals surface area contributed by atoms with Gasteiger partial charge < -0.3 is 9.30 Å². The Morgan fingerprint density at radius 1 is 1.24 bits per heavy atom. The van der Waals surface area contributed by atoms with Gasteiger partial charge in [-0.25, -0.2) is 0 Å². The fourth-order valence-corrected chi connectivity index (χ4v) is 3.89. The molecule has 3 aromatic rings. The summed E-state index contributed by atoms with van der Waals surface area (Å²) in [6.07, 6.45) is 5.50. The minimum atomic E-state index is 0.164. The van der Waals surface area contributed by atoms with Crippen LogP contribution in [0, 0.1) is 0 Å². The lowest BCUT2D eigenvalue weighted by molar-refractivity contribution is -0.131. The summed E-state index contributed by atoms with van der Waals surface area (Å²) in [5, 5.41) is 0.699. The smallest absolute Gasteiger partial charge is 0.226 e. The van der Waals surface area contributed by atoms with Crippen LogP contribution >= 0.6 is 11.6 Å². The lowest BCUT2D eigenvalue weighted by Crippen LogP contribution is -2.41. The van der Waals surface area contributed by atoms with Gasteiger partial charge in [0.2, 0.25) is 5.91 Å². The number of hydrogen-bond acceptors (Lipinski definition) is 1. The second-order valence-electron chi connectivity index (χ2n) is 6.82. The van der Waals surface area contributed by atoms with Crippen molar-refractivity contribution in [1.29, 1.82) is 0 Å². The minimum Gasteiger partial charge on any atom is -0.342 e. The van der Waals surface area contributed by atoms with Crippen molar-refractivity contribution in [3.63, 3.8) is 0 Å². The van der Waals surface area contributed by atoms with Crippen molar-refractivity contribution in [2.45, 2.75) is 31.7 Å². The molecule has 2 aromatic heterocycles. The number of pyridine rings is 1. The van der Waals surface area contributed by atoms with Gasteiger partial charge in [-0.2, -0.15) is 0 Å². The van der Waals surface area contributed by atoms with Gasteiger partial charge >= 0.3 is 0 Å². The first-order valence-electron chi connectivity index (χ1n) is 8.70. The molecule has 128 valence electrons. The predicted octanol–water partition coefficient (Wildman–Crippen LogP) is 4.15. The standard InChI is InChI=1S/C21H21ClN2O/c1-23(21(25)12-15-5-8-17(22)9-6-15)18-10-7-16-13-19-4-2-3-11-24(19)20(16)14-18/h2-6,8-9,11,13,18H,7,10,12,14H2,1H3/t18-/m1/s1. The summed E-state index contributed by atoms with van der Waals surface area (Å²) in [5.41, 5.74) is 5.01. The molecule has 0 saturated carbocycles. The van der Waals surface area contributed by atoms with Crippen LogP contribution in [-0.4, -0.2) is 28.3 Å².